The standard InChI is InChI=1S/2C5H6N2O4.Na.H/c2*1-7-2(4(9)10)3(8)6-5(7)11;;/h2*2H,1H3,(H,9,10)(H,6,8,11);;. The third-order valence-corrected chi connectivity index (χ3v) is 2.84. The van der Waals surface area contributed by atoms with E-state index in [2.05, 4.69) is 0 Å². The normalized spacial score (nSPS) is 22.7. The molecule has 0 aromatic rings. The zero-order valence-electron chi connectivity index (χ0n) is 11.4. The summed E-state index contributed by atoms with van der Waals surface area (Å²) in [6.07, 6.45) is 0. The summed E-state index contributed by atoms with van der Waals surface area (Å²) in [4.78, 5) is 64.9. The predicted molar refractivity (Wildman–Crippen MR) is 72.6 cm³/mol. The molecule has 12 nitrogen and oxygen atoms in total. The van der Waals surface area contributed by atoms with E-state index in [4.69, 9.17) is 10.2 Å². The Morgan fingerprint density at radius 2 is 1.09 bits per heavy atom. The molecule has 0 aromatic carbocycles. The Morgan fingerprint density at radius 3 is 1.17 bits per heavy atom. The Hall–Kier alpha value is -2.18. The molecular formula is C10H13N4NaO8. The Balaban J connectivity index is 0.000000403. The van der Waals surface area contributed by atoms with Crippen LogP contribution in [0.25, 0.3) is 0 Å². The molecule has 2 heterocycles. The zero-order valence-corrected chi connectivity index (χ0v) is 11.4. The van der Waals surface area contributed by atoms with Gasteiger partial charge in [-0.2, -0.15) is 0 Å². The number of nitrogens with zero attached hydrogens (tertiary/aromatic N) is 2. The molecule has 2 fully saturated rings. The maximum atomic E-state index is 10.7. The van der Waals surface area contributed by atoms with Crippen molar-refractivity contribution < 1.29 is 39.0 Å². The van der Waals surface area contributed by atoms with Crippen LogP contribution in [0.2, 0.25) is 0 Å². The summed E-state index contributed by atoms with van der Waals surface area (Å²) in [6.45, 7) is 0. The molecule has 13 heteroatoms. The van der Waals surface area contributed by atoms with Crippen LogP contribution in [0.4, 0.5) is 9.59 Å². The molecule has 0 radical (unpaired) electrons. The Bertz CT molecular complexity index is 529. The van der Waals surface area contributed by atoms with Crippen LogP contribution in [0.5, 0.6) is 0 Å². The number of hydrogen-bond acceptors (Lipinski definition) is 6. The van der Waals surface area contributed by atoms with Crippen molar-refractivity contribution in [3.8, 4) is 0 Å². The monoisotopic (exact) mass is 340 g/mol. The molecule has 2 saturated heterocycles. The van der Waals surface area contributed by atoms with Gasteiger partial charge < -0.3 is 20.0 Å². The molecule has 0 bridgehead atoms. The number of rotatable bonds is 2. The molecule has 23 heavy (non-hydrogen) atoms. The van der Waals surface area contributed by atoms with E-state index in [0.29, 0.717) is 0 Å². The van der Waals surface area contributed by atoms with Crippen LogP contribution in [0.15, 0.2) is 0 Å². The second kappa shape index (κ2) is 7.89. The van der Waals surface area contributed by atoms with Gasteiger partial charge in [-0.3, -0.25) is 20.2 Å². The van der Waals surface area contributed by atoms with Crippen LogP contribution < -0.4 is 10.6 Å². The number of carbonyl (C=O) groups is 6. The molecule has 4 N–H and O–H groups in total. The van der Waals surface area contributed by atoms with E-state index in [1.807, 2.05) is 10.6 Å². The first-order chi connectivity index (χ1) is 10.1. The van der Waals surface area contributed by atoms with Crippen molar-refractivity contribution in [2.75, 3.05) is 14.1 Å². The van der Waals surface area contributed by atoms with Gasteiger partial charge in [-0.25, -0.2) is 19.2 Å². The molecule has 2 aliphatic heterocycles. The first kappa shape index (κ1) is 20.8. The number of hydrogen-bond donors (Lipinski definition) is 4. The van der Waals surface area contributed by atoms with E-state index in [1.165, 1.54) is 14.1 Å². The van der Waals surface area contributed by atoms with Crippen LogP contribution in [0.1, 0.15) is 0 Å². The minimum atomic E-state index is -1.37. The third-order valence-electron chi connectivity index (χ3n) is 2.84. The van der Waals surface area contributed by atoms with E-state index >= 15 is 0 Å². The Morgan fingerprint density at radius 1 is 0.826 bits per heavy atom. The molecule has 0 spiro atoms. The summed E-state index contributed by atoms with van der Waals surface area (Å²) in [5.74, 6) is -4.22. The molecule has 0 aromatic heterocycles. The van der Waals surface area contributed by atoms with Crippen molar-refractivity contribution in [1.82, 2.24) is 20.4 Å². The van der Waals surface area contributed by atoms with Gasteiger partial charge in [0.25, 0.3) is 11.8 Å². The van der Waals surface area contributed by atoms with Gasteiger partial charge in [-0.05, 0) is 0 Å². The van der Waals surface area contributed by atoms with Crippen LogP contribution >= 0.6 is 0 Å². The summed E-state index contributed by atoms with van der Waals surface area (Å²) >= 11 is 0. The Labute approximate surface area is 151 Å². The van der Waals surface area contributed by atoms with E-state index < -0.39 is 47.9 Å². The summed E-state index contributed by atoms with van der Waals surface area (Å²) in [7, 11) is 2.50. The predicted octanol–water partition coefficient (Wildman–Crippen LogP) is -3.41. The second-order valence-electron chi connectivity index (χ2n) is 4.29. The quantitative estimate of drug-likeness (QED) is 0.228. The molecule has 0 aliphatic carbocycles. The number of likely N-dealkylation sites (N-methyl/N-ethyl adjacent to an activating group) is 2. The summed E-state index contributed by atoms with van der Waals surface area (Å²) in [6, 6.07) is -4.10. The van der Waals surface area contributed by atoms with E-state index in [0.717, 1.165) is 9.80 Å². The first-order valence-electron chi connectivity index (χ1n) is 5.68. The zero-order chi connectivity index (χ0) is 17.2. The van der Waals surface area contributed by atoms with Gasteiger partial charge >= 0.3 is 53.6 Å². The van der Waals surface area contributed by atoms with Crippen molar-refractivity contribution >= 4 is 65.4 Å². The van der Waals surface area contributed by atoms with E-state index in [-0.39, 0.29) is 29.6 Å². The minimum absolute atomic E-state index is 0. The third kappa shape index (κ3) is 4.40. The molecular weight excluding hydrogens is 327 g/mol. The fourth-order valence-corrected chi connectivity index (χ4v) is 1.67. The number of carboxylic acids is 2. The van der Waals surface area contributed by atoms with Crippen molar-refractivity contribution in [3.63, 3.8) is 0 Å². The Kier molecular flexibility index (Phi) is 7.15. The van der Waals surface area contributed by atoms with Gasteiger partial charge in [0.15, 0.2) is 0 Å². The van der Waals surface area contributed by atoms with Gasteiger partial charge in [0, 0.05) is 14.1 Å². The second-order valence-corrected chi connectivity index (χ2v) is 4.29. The molecule has 2 unspecified atom stereocenters. The molecule has 0 saturated carbocycles. The maximum absolute atomic E-state index is 10.7. The number of carboxylic acid groups (broad SMARTS) is 2. The molecule has 2 rings (SSSR count). The van der Waals surface area contributed by atoms with Crippen LogP contribution in [0.3, 0.4) is 0 Å². The van der Waals surface area contributed by atoms with Gasteiger partial charge in [0.05, 0.1) is 0 Å². The van der Waals surface area contributed by atoms with Gasteiger partial charge in [-0.1, -0.05) is 0 Å². The number of imide groups is 2. The van der Waals surface area contributed by atoms with Crippen molar-refractivity contribution in [1.29, 1.82) is 0 Å². The van der Waals surface area contributed by atoms with E-state index in [1.54, 1.807) is 0 Å². The first-order valence-corrected chi connectivity index (χ1v) is 5.68. The van der Waals surface area contributed by atoms with Crippen molar-refractivity contribution in [2.24, 2.45) is 0 Å². The number of carbonyl (C=O) groups excluding carboxylic acids is 4. The molecule has 2 aliphatic rings. The number of amides is 6. The fourth-order valence-electron chi connectivity index (χ4n) is 1.67. The number of urea groups is 2. The molecule has 122 valence electrons. The van der Waals surface area contributed by atoms with Crippen LogP contribution in [0, 0.1) is 0 Å². The average Bonchev–Trinajstić information content (AvgIpc) is 2.77. The average molecular weight is 340 g/mol. The fraction of sp³-hybridized carbons (Fsp3) is 0.400. The van der Waals surface area contributed by atoms with Gasteiger partial charge in [-0.15, -0.1) is 0 Å². The summed E-state index contributed by atoms with van der Waals surface area (Å²) in [5.41, 5.74) is 0. The molecule has 6 amide bonds. The summed E-state index contributed by atoms with van der Waals surface area (Å²) < 4.78 is 0. The van der Waals surface area contributed by atoms with Gasteiger partial charge in [0.2, 0.25) is 12.1 Å². The topological polar surface area (TPSA) is 173 Å². The SMILES string of the molecule is CN1C(=O)NC(=O)C1C(=O)O.CN1C(=O)NC(=O)C1C(=O)O.[NaH]. The van der Waals surface area contributed by atoms with Crippen LogP contribution in [-0.2, 0) is 19.2 Å². The van der Waals surface area contributed by atoms with E-state index in [9.17, 15) is 28.8 Å². The van der Waals surface area contributed by atoms with Gasteiger partial charge in [0.1, 0.15) is 0 Å². The van der Waals surface area contributed by atoms with Crippen molar-refractivity contribution in [3.05, 3.63) is 0 Å². The van der Waals surface area contributed by atoms with Crippen LogP contribution in [-0.4, -0.2) is 112 Å². The number of aliphatic carboxylic acids is 2. The number of nitrogens with one attached hydrogen (secondary N) is 2. The summed E-state index contributed by atoms with van der Waals surface area (Å²) in [5, 5.41) is 20.6. The van der Waals surface area contributed by atoms with Crippen molar-refractivity contribution in [2.45, 2.75) is 12.1 Å². The molecule has 2 atom stereocenters.